The Labute approximate surface area is 73.9 Å². The predicted octanol–water partition coefficient (Wildman–Crippen LogP) is 0.762. The fourth-order valence-electron chi connectivity index (χ4n) is 1.02. The van der Waals surface area contributed by atoms with Crippen molar-refractivity contribution >= 4 is 0 Å². The van der Waals surface area contributed by atoms with E-state index in [0.29, 0.717) is 0 Å². The molecular formula is C9H19NO2. The molecule has 1 unspecified atom stereocenters. The zero-order valence-electron chi connectivity index (χ0n) is 7.45. The van der Waals surface area contributed by atoms with Crippen LogP contribution in [0.3, 0.4) is 0 Å². The lowest BCUT2D eigenvalue weighted by Crippen LogP contribution is -2.05. The number of aliphatic hydroxyl groups is 2. The van der Waals surface area contributed by atoms with Crippen LogP contribution >= 0.6 is 0 Å². The van der Waals surface area contributed by atoms with Crippen LogP contribution in [0.15, 0.2) is 12.3 Å². The van der Waals surface area contributed by atoms with Crippen LogP contribution in [0.1, 0.15) is 32.1 Å². The molecule has 0 saturated carbocycles. The Hall–Kier alpha value is -0.540. The molecule has 0 aliphatic rings. The molecule has 0 rings (SSSR count). The molecule has 0 aromatic heterocycles. The van der Waals surface area contributed by atoms with E-state index in [1.165, 1.54) is 6.20 Å². The third-order valence-electron chi connectivity index (χ3n) is 1.75. The van der Waals surface area contributed by atoms with Crippen LogP contribution in [0.2, 0.25) is 0 Å². The second kappa shape index (κ2) is 8.56. The number of rotatable bonds is 7. The SMILES string of the molecule is N/C=C/CCC(O)CCCCO. The predicted molar refractivity (Wildman–Crippen MR) is 49.5 cm³/mol. The Bertz CT molecular complexity index is 115. The summed E-state index contributed by atoms with van der Waals surface area (Å²) in [5, 5.41) is 17.8. The van der Waals surface area contributed by atoms with E-state index in [1.54, 1.807) is 0 Å². The van der Waals surface area contributed by atoms with Crippen LogP contribution in [-0.2, 0) is 0 Å². The van der Waals surface area contributed by atoms with E-state index < -0.39 is 0 Å². The molecule has 0 aliphatic heterocycles. The Morgan fingerprint density at radius 2 is 2.00 bits per heavy atom. The van der Waals surface area contributed by atoms with Crippen molar-refractivity contribution in [2.75, 3.05) is 6.61 Å². The minimum absolute atomic E-state index is 0.218. The lowest BCUT2D eigenvalue weighted by Gasteiger charge is -2.07. The Kier molecular flexibility index (Phi) is 8.17. The summed E-state index contributed by atoms with van der Waals surface area (Å²) >= 11 is 0. The van der Waals surface area contributed by atoms with Gasteiger partial charge in [0.05, 0.1) is 6.10 Å². The van der Waals surface area contributed by atoms with Gasteiger partial charge in [0, 0.05) is 6.61 Å². The van der Waals surface area contributed by atoms with Crippen LogP contribution in [0, 0.1) is 0 Å². The van der Waals surface area contributed by atoms with E-state index in [1.807, 2.05) is 6.08 Å². The molecule has 72 valence electrons. The highest BCUT2D eigenvalue weighted by Gasteiger charge is 2.01. The van der Waals surface area contributed by atoms with Gasteiger partial charge in [-0.15, -0.1) is 0 Å². The minimum Gasteiger partial charge on any atom is -0.405 e. The first kappa shape index (κ1) is 11.5. The first-order valence-corrected chi connectivity index (χ1v) is 4.47. The first-order valence-electron chi connectivity index (χ1n) is 4.47. The summed E-state index contributed by atoms with van der Waals surface area (Å²) < 4.78 is 0. The second-order valence-corrected chi connectivity index (χ2v) is 2.88. The summed E-state index contributed by atoms with van der Waals surface area (Å²) in [6.45, 7) is 0.218. The fraction of sp³-hybridized carbons (Fsp3) is 0.778. The van der Waals surface area contributed by atoms with Gasteiger partial charge in [0.1, 0.15) is 0 Å². The van der Waals surface area contributed by atoms with Gasteiger partial charge in [-0.05, 0) is 38.3 Å². The average molecular weight is 173 g/mol. The van der Waals surface area contributed by atoms with Gasteiger partial charge < -0.3 is 15.9 Å². The number of unbranched alkanes of at least 4 members (excludes halogenated alkanes) is 1. The highest BCUT2D eigenvalue weighted by molar-refractivity contribution is 4.76. The topological polar surface area (TPSA) is 66.5 Å². The zero-order chi connectivity index (χ0) is 9.23. The minimum atomic E-state index is -0.243. The van der Waals surface area contributed by atoms with Crippen molar-refractivity contribution in [1.82, 2.24) is 0 Å². The summed E-state index contributed by atoms with van der Waals surface area (Å²) in [6.07, 6.45) is 7.14. The van der Waals surface area contributed by atoms with Gasteiger partial charge in [0.25, 0.3) is 0 Å². The summed E-state index contributed by atoms with van der Waals surface area (Å²) in [5.74, 6) is 0. The quantitative estimate of drug-likeness (QED) is 0.498. The smallest absolute Gasteiger partial charge is 0.0543 e. The van der Waals surface area contributed by atoms with Crippen LogP contribution in [0.5, 0.6) is 0 Å². The van der Waals surface area contributed by atoms with E-state index >= 15 is 0 Å². The van der Waals surface area contributed by atoms with Gasteiger partial charge >= 0.3 is 0 Å². The Morgan fingerprint density at radius 1 is 1.25 bits per heavy atom. The molecule has 0 radical (unpaired) electrons. The number of aliphatic hydroxyl groups excluding tert-OH is 2. The average Bonchev–Trinajstić information content (AvgIpc) is 2.06. The van der Waals surface area contributed by atoms with Crippen LogP contribution in [-0.4, -0.2) is 22.9 Å². The van der Waals surface area contributed by atoms with Gasteiger partial charge in [-0.1, -0.05) is 6.08 Å². The van der Waals surface area contributed by atoms with Gasteiger partial charge in [0.2, 0.25) is 0 Å². The van der Waals surface area contributed by atoms with Crippen molar-refractivity contribution in [1.29, 1.82) is 0 Å². The molecule has 1 atom stereocenters. The van der Waals surface area contributed by atoms with E-state index in [0.717, 1.165) is 32.1 Å². The maximum absolute atomic E-state index is 9.35. The van der Waals surface area contributed by atoms with E-state index in [-0.39, 0.29) is 12.7 Å². The summed E-state index contributed by atoms with van der Waals surface area (Å²) in [5.41, 5.74) is 5.14. The monoisotopic (exact) mass is 173 g/mol. The third-order valence-corrected chi connectivity index (χ3v) is 1.75. The molecule has 0 bridgehead atoms. The summed E-state index contributed by atoms with van der Waals surface area (Å²) in [4.78, 5) is 0. The lowest BCUT2D eigenvalue weighted by molar-refractivity contribution is 0.148. The second-order valence-electron chi connectivity index (χ2n) is 2.88. The van der Waals surface area contributed by atoms with Crippen molar-refractivity contribution in [2.24, 2.45) is 5.73 Å². The molecule has 0 aliphatic carbocycles. The summed E-state index contributed by atoms with van der Waals surface area (Å²) in [6, 6.07) is 0. The first-order chi connectivity index (χ1) is 5.81. The van der Waals surface area contributed by atoms with Gasteiger partial charge in [-0.25, -0.2) is 0 Å². The molecule has 12 heavy (non-hydrogen) atoms. The van der Waals surface area contributed by atoms with Crippen molar-refractivity contribution in [3.8, 4) is 0 Å². The van der Waals surface area contributed by atoms with E-state index in [4.69, 9.17) is 10.8 Å². The van der Waals surface area contributed by atoms with Gasteiger partial charge in [-0.3, -0.25) is 0 Å². The Balaban J connectivity index is 3.15. The number of hydrogen-bond acceptors (Lipinski definition) is 3. The van der Waals surface area contributed by atoms with Crippen molar-refractivity contribution in [3.05, 3.63) is 12.3 Å². The van der Waals surface area contributed by atoms with Crippen molar-refractivity contribution in [3.63, 3.8) is 0 Å². The van der Waals surface area contributed by atoms with Crippen LogP contribution < -0.4 is 5.73 Å². The van der Waals surface area contributed by atoms with E-state index in [9.17, 15) is 5.11 Å². The molecule has 0 amide bonds. The van der Waals surface area contributed by atoms with E-state index in [2.05, 4.69) is 0 Å². The maximum atomic E-state index is 9.35. The lowest BCUT2D eigenvalue weighted by atomic mass is 10.1. The molecule has 0 spiro atoms. The molecule has 0 saturated heterocycles. The van der Waals surface area contributed by atoms with Gasteiger partial charge in [0.15, 0.2) is 0 Å². The highest BCUT2D eigenvalue weighted by Crippen LogP contribution is 2.06. The summed E-state index contributed by atoms with van der Waals surface area (Å²) in [7, 11) is 0. The standard InChI is InChI=1S/C9H19NO2/c10-7-3-1-5-9(12)6-2-4-8-11/h3,7,9,11-12H,1-2,4-6,8,10H2/b7-3+. The largest absolute Gasteiger partial charge is 0.405 e. The molecular weight excluding hydrogens is 154 g/mol. The van der Waals surface area contributed by atoms with Crippen LogP contribution in [0.4, 0.5) is 0 Å². The molecule has 3 heteroatoms. The Morgan fingerprint density at radius 3 is 2.58 bits per heavy atom. The number of nitrogens with two attached hydrogens (primary N) is 1. The van der Waals surface area contributed by atoms with Crippen molar-refractivity contribution in [2.45, 2.75) is 38.2 Å². The van der Waals surface area contributed by atoms with Gasteiger partial charge in [-0.2, -0.15) is 0 Å². The van der Waals surface area contributed by atoms with Crippen LogP contribution in [0.25, 0.3) is 0 Å². The normalized spacial score (nSPS) is 13.8. The molecule has 0 aromatic rings. The highest BCUT2D eigenvalue weighted by atomic mass is 16.3. The number of hydrogen-bond donors (Lipinski definition) is 3. The van der Waals surface area contributed by atoms with Crippen molar-refractivity contribution < 1.29 is 10.2 Å². The number of allylic oxidation sites excluding steroid dienone is 1. The molecule has 0 fully saturated rings. The maximum Gasteiger partial charge on any atom is 0.0543 e. The fourth-order valence-corrected chi connectivity index (χ4v) is 1.02. The molecule has 0 aromatic carbocycles. The molecule has 0 heterocycles. The molecule has 3 nitrogen and oxygen atoms in total. The zero-order valence-corrected chi connectivity index (χ0v) is 7.45. The third kappa shape index (κ3) is 7.57. The molecule has 4 N–H and O–H groups in total.